The zero-order valence-corrected chi connectivity index (χ0v) is 21.0. The van der Waals surface area contributed by atoms with Crippen LogP contribution in [-0.2, 0) is 16.0 Å². The lowest BCUT2D eigenvalue weighted by Crippen LogP contribution is -2.47. The number of benzene rings is 1. The molecule has 1 atom stereocenters. The lowest BCUT2D eigenvalue weighted by atomic mass is 9.88. The van der Waals surface area contributed by atoms with Crippen LogP contribution >= 0.6 is 24.0 Å². The Morgan fingerprint density at radius 3 is 2.65 bits per heavy atom. The first-order chi connectivity index (χ1) is 14.6. The summed E-state index contributed by atoms with van der Waals surface area (Å²) in [5.41, 5.74) is 1.99. The summed E-state index contributed by atoms with van der Waals surface area (Å²) in [4.78, 5) is 31.2. The molecule has 2 amide bonds. The van der Waals surface area contributed by atoms with Crippen molar-refractivity contribution in [3.8, 4) is 0 Å². The number of amides is 2. The number of anilines is 1. The van der Waals surface area contributed by atoms with Crippen LogP contribution in [0.4, 0.5) is 5.69 Å². The normalized spacial score (nSPS) is 19.5. The molecule has 7 nitrogen and oxygen atoms in total. The summed E-state index contributed by atoms with van der Waals surface area (Å²) < 4.78 is 0. The average Bonchev–Trinajstić information content (AvgIpc) is 3.25. The Kier molecular flexibility index (Phi) is 10.6. The molecule has 1 aromatic rings. The van der Waals surface area contributed by atoms with Gasteiger partial charge in [0.2, 0.25) is 11.8 Å². The van der Waals surface area contributed by atoms with Crippen molar-refractivity contribution < 1.29 is 9.59 Å². The van der Waals surface area contributed by atoms with Gasteiger partial charge in [0.1, 0.15) is 0 Å². The van der Waals surface area contributed by atoms with E-state index in [9.17, 15) is 9.59 Å². The second kappa shape index (κ2) is 12.9. The number of nitrogens with one attached hydrogen (secondary N) is 3. The van der Waals surface area contributed by atoms with Gasteiger partial charge in [-0.15, -0.1) is 24.0 Å². The van der Waals surface area contributed by atoms with Crippen molar-refractivity contribution in [2.24, 2.45) is 10.9 Å². The summed E-state index contributed by atoms with van der Waals surface area (Å²) in [5, 5.41) is 9.34. The maximum absolute atomic E-state index is 12.7. The van der Waals surface area contributed by atoms with E-state index in [0.29, 0.717) is 18.4 Å². The van der Waals surface area contributed by atoms with Gasteiger partial charge in [-0.2, -0.15) is 0 Å². The molecule has 1 saturated heterocycles. The van der Waals surface area contributed by atoms with Crippen molar-refractivity contribution in [2.45, 2.75) is 57.9 Å². The lowest BCUT2D eigenvalue weighted by Gasteiger charge is -2.26. The van der Waals surface area contributed by atoms with Gasteiger partial charge in [0, 0.05) is 37.8 Å². The molecule has 31 heavy (non-hydrogen) atoms. The van der Waals surface area contributed by atoms with Crippen LogP contribution < -0.4 is 16.0 Å². The van der Waals surface area contributed by atoms with Crippen LogP contribution in [0.5, 0.6) is 0 Å². The van der Waals surface area contributed by atoms with Gasteiger partial charge in [0.25, 0.3) is 0 Å². The fourth-order valence-electron chi connectivity index (χ4n) is 4.31. The van der Waals surface area contributed by atoms with Gasteiger partial charge in [-0.3, -0.25) is 14.6 Å². The number of rotatable bonds is 6. The van der Waals surface area contributed by atoms with Crippen LogP contribution in [0.15, 0.2) is 29.3 Å². The third kappa shape index (κ3) is 7.66. The predicted molar refractivity (Wildman–Crippen MR) is 136 cm³/mol. The summed E-state index contributed by atoms with van der Waals surface area (Å²) in [6, 6.07) is 8.03. The quantitative estimate of drug-likeness (QED) is 0.294. The Morgan fingerprint density at radius 2 is 1.94 bits per heavy atom. The van der Waals surface area contributed by atoms with E-state index in [1.165, 1.54) is 24.8 Å². The third-order valence-electron chi connectivity index (χ3n) is 6.05. The second-order valence-corrected chi connectivity index (χ2v) is 8.28. The van der Waals surface area contributed by atoms with Crippen LogP contribution in [0.3, 0.4) is 0 Å². The maximum atomic E-state index is 12.7. The highest BCUT2D eigenvalue weighted by atomic mass is 127. The minimum Gasteiger partial charge on any atom is -0.352 e. The molecule has 1 unspecified atom stereocenters. The summed E-state index contributed by atoms with van der Waals surface area (Å²) in [7, 11) is 1.69. The zero-order valence-electron chi connectivity index (χ0n) is 18.7. The number of aliphatic imine (C=N–C) groups is 1. The highest BCUT2D eigenvalue weighted by Gasteiger charge is 2.31. The number of aryl methyl sites for hydroxylation is 1. The lowest BCUT2D eigenvalue weighted by molar-refractivity contribution is -0.135. The van der Waals surface area contributed by atoms with Crippen LogP contribution in [0.25, 0.3) is 0 Å². The van der Waals surface area contributed by atoms with Crippen molar-refractivity contribution in [2.75, 3.05) is 32.0 Å². The van der Waals surface area contributed by atoms with Crippen molar-refractivity contribution >= 4 is 47.4 Å². The van der Waals surface area contributed by atoms with Gasteiger partial charge >= 0.3 is 0 Å². The van der Waals surface area contributed by atoms with Gasteiger partial charge in [0.15, 0.2) is 5.96 Å². The largest absolute Gasteiger partial charge is 0.352 e. The van der Waals surface area contributed by atoms with Gasteiger partial charge in [-0.25, -0.2) is 0 Å². The van der Waals surface area contributed by atoms with E-state index < -0.39 is 0 Å². The van der Waals surface area contributed by atoms with E-state index in [-0.39, 0.29) is 48.4 Å². The highest BCUT2D eigenvalue weighted by molar-refractivity contribution is 14.0. The predicted octanol–water partition coefficient (Wildman–Crippen LogP) is 3.15. The number of guanidine groups is 1. The molecule has 8 heteroatoms. The van der Waals surface area contributed by atoms with Crippen molar-refractivity contribution in [1.29, 1.82) is 0 Å². The molecule has 1 heterocycles. The summed E-state index contributed by atoms with van der Waals surface area (Å²) in [5.74, 6) is 0.997. The van der Waals surface area contributed by atoms with Crippen LogP contribution in [0.1, 0.15) is 51.0 Å². The first-order valence-electron chi connectivity index (χ1n) is 11.2. The molecule has 1 aliphatic carbocycles. The van der Waals surface area contributed by atoms with E-state index in [1.807, 2.05) is 29.2 Å². The van der Waals surface area contributed by atoms with Gasteiger partial charge in [0.05, 0.1) is 6.54 Å². The molecule has 2 fully saturated rings. The minimum absolute atomic E-state index is 0. The Balaban J connectivity index is 0.00000341. The van der Waals surface area contributed by atoms with E-state index in [0.717, 1.165) is 37.9 Å². The molecule has 0 radical (unpaired) electrons. The van der Waals surface area contributed by atoms with Crippen molar-refractivity contribution in [3.63, 3.8) is 0 Å². The molecule has 0 bridgehead atoms. The van der Waals surface area contributed by atoms with E-state index in [4.69, 9.17) is 0 Å². The highest BCUT2D eigenvalue weighted by Crippen LogP contribution is 2.26. The van der Waals surface area contributed by atoms with Gasteiger partial charge < -0.3 is 20.9 Å². The standard InChI is InChI=1S/C23H35N5O2.HI/c1-3-17-8-7-11-19(14-17)26-21(29)15-25-23(24-2)27-20-12-13-28(16-20)22(30)18-9-5-4-6-10-18;/h7-8,11,14,18,20H,3-6,9-10,12-13,15-16H2,1-2H3,(H,26,29)(H2,24,25,27);1H. The Bertz CT molecular complexity index is 764. The first-order valence-corrected chi connectivity index (χ1v) is 11.2. The molecule has 172 valence electrons. The summed E-state index contributed by atoms with van der Waals surface area (Å²) in [6.45, 7) is 3.71. The topological polar surface area (TPSA) is 85.8 Å². The number of nitrogens with zero attached hydrogens (tertiary/aromatic N) is 2. The molecular formula is C23H36IN5O2. The number of carbonyl (C=O) groups is 2. The summed E-state index contributed by atoms with van der Waals surface area (Å²) in [6.07, 6.45) is 7.50. The Labute approximate surface area is 202 Å². The summed E-state index contributed by atoms with van der Waals surface area (Å²) >= 11 is 0. The van der Waals surface area contributed by atoms with Crippen LogP contribution in [-0.4, -0.2) is 55.4 Å². The molecule has 2 aliphatic rings. The fourth-order valence-corrected chi connectivity index (χ4v) is 4.31. The van der Waals surface area contributed by atoms with E-state index in [2.05, 4.69) is 27.9 Å². The maximum Gasteiger partial charge on any atom is 0.243 e. The molecule has 0 aromatic heterocycles. The SMILES string of the molecule is CCc1cccc(NC(=O)CNC(=NC)NC2CCN(C(=O)C3CCCCC3)C2)c1.I. The second-order valence-electron chi connectivity index (χ2n) is 8.28. The Hall–Kier alpha value is -1.84. The van der Waals surface area contributed by atoms with Crippen molar-refractivity contribution in [3.05, 3.63) is 29.8 Å². The third-order valence-corrected chi connectivity index (χ3v) is 6.05. The molecule has 0 spiro atoms. The van der Waals surface area contributed by atoms with Crippen LogP contribution in [0.2, 0.25) is 0 Å². The van der Waals surface area contributed by atoms with Gasteiger partial charge in [-0.05, 0) is 43.4 Å². The molecule has 1 saturated carbocycles. The number of hydrogen-bond acceptors (Lipinski definition) is 3. The average molecular weight is 541 g/mol. The van der Waals surface area contributed by atoms with Crippen molar-refractivity contribution in [1.82, 2.24) is 15.5 Å². The molecule has 1 aliphatic heterocycles. The molecule has 1 aromatic carbocycles. The number of carbonyl (C=O) groups excluding carboxylic acids is 2. The number of hydrogen-bond donors (Lipinski definition) is 3. The first kappa shape index (κ1) is 25.4. The molecular weight excluding hydrogens is 505 g/mol. The van der Waals surface area contributed by atoms with Crippen LogP contribution in [0, 0.1) is 5.92 Å². The Morgan fingerprint density at radius 1 is 1.16 bits per heavy atom. The smallest absolute Gasteiger partial charge is 0.243 e. The fraction of sp³-hybridized carbons (Fsp3) is 0.609. The molecule has 3 N–H and O–H groups in total. The minimum atomic E-state index is -0.119. The monoisotopic (exact) mass is 541 g/mol. The van der Waals surface area contributed by atoms with E-state index >= 15 is 0 Å². The van der Waals surface area contributed by atoms with Gasteiger partial charge in [-0.1, -0.05) is 38.3 Å². The number of halogens is 1. The number of likely N-dealkylation sites (tertiary alicyclic amines) is 1. The molecule has 3 rings (SSSR count). The van der Waals surface area contributed by atoms with E-state index in [1.54, 1.807) is 7.05 Å². The zero-order chi connectivity index (χ0) is 21.3.